The fourth-order valence-electron chi connectivity index (χ4n) is 1.06. The van der Waals surface area contributed by atoms with Crippen molar-refractivity contribution < 1.29 is 9.50 Å². The number of hydrogen-bond donors (Lipinski definition) is 3. The number of halogens is 1. The summed E-state index contributed by atoms with van der Waals surface area (Å²) in [7, 11) is 0. The van der Waals surface area contributed by atoms with Crippen LogP contribution < -0.4 is 5.73 Å². The lowest BCUT2D eigenvalue weighted by Crippen LogP contribution is -2.15. The van der Waals surface area contributed by atoms with Crippen molar-refractivity contribution in [3.63, 3.8) is 0 Å². The molecule has 0 saturated carbocycles. The summed E-state index contributed by atoms with van der Waals surface area (Å²) in [6.45, 7) is 3.49. The topological polar surface area (TPSA) is 70.1 Å². The molecule has 0 heterocycles. The first-order valence-electron chi connectivity index (χ1n) is 4.90. The molecule has 1 aromatic carbocycles. The third kappa shape index (κ3) is 3.21. The highest BCUT2D eigenvalue weighted by molar-refractivity contribution is 8.00. The minimum atomic E-state index is -0.503. The van der Waals surface area contributed by atoms with Crippen LogP contribution in [0.5, 0.6) is 0 Å². The van der Waals surface area contributed by atoms with Crippen LogP contribution in [0, 0.1) is 11.2 Å². The van der Waals surface area contributed by atoms with Crippen molar-refractivity contribution in [1.82, 2.24) is 0 Å². The molecule has 0 saturated heterocycles. The van der Waals surface area contributed by atoms with Crippen LogP contribution in [0.2, 0.25) is 0 Å². The molecule has 0 aromatic heterocycles. The lowest BCUT2D eigenvalue weighted by Gasteiger charge is -2.14. The second-order valence-corrected chi connectivity index (χ2v) is 5.04. The molecule has 5 heteroatoms. The van der Waals surface area contributed by atoms with Gasteiger partial charge in [-0.25, -0.2) is 4.39 Å². The number of benzene rings is 1. The summed E-state index contributed by atoms with van der Waals surface area (Å²) in [5.74, 6) is -0.566. The summed E-state index contributed by atoms with van der Waals surface area (Å²) in [5.41, 5.74) is 5.62. The molecule has 88 valence electrons. The molecular weight excluding hydrogens is 227 g/mol. The molecule has 4 N–H and O–H groups in total. The van der Waals surface area contributed by atoms with Gasteiger partial charge in [0.2, 0.25) is 0 Å². The van der Waals surface area contributed by atoms with E-state index in [1.165, 1.54) is 17.8 Å². The normalized spacial score (nSPS) is 14.5. The highest BCUT2D eigenvalue weighted by Crippen LogP contribution is 2.28. The Bertz CT molecular complexity index is 396. The average Bonchev–Trinajstić information content (AvgIpc) is 2.20. The molecule has 0 spiro atoms. The molecule has 16 heavy (non-hydrogen) atoms. The van der Waals surface area contributed by atoms with Crippen LogP contribution in [0.4, 0.5) is 4.39 Å². The molecule has 2 atom stereocenters. The van der Waals surface area contributed by atoms with Crippen LogP contribution in [0.25, 0.3) is 0 Å². The standard InChI is InChI=1S/C11H15FN2OS/c1-6(15)7(2)16-10-4-3-8(11(13)14)5-9(10)12/h3-7,15H,1-2H3,(H3,13,14). The molecule has 1 aromatic rings. The van der Waals surface area contributed by atoms with Crippen LogP contribution >= 0.6 is 11.8 Å². The van der Waals surface area contributed by atoms with Gasteiger partial charge in [0, 0.05) is 15.7 Å². The van der Waals surface area contributed by atoms with Crippen molar-refractivity contribution in [2.24, 2.45) is 5.73 Å². The molecule has 0 radical (unpaired) electrons. The van der Waals surface area contributed by atoms with Crippen molar-refractivity contribution in [2.45, 2.75) is 30.1 Å². The van der Waals surface area contributed by atoms with Gasteiger partial charge in [-0.1, -0.05) is 6.92 Å². The fraction of sp³-hybridized carbons (Fsp3) is 0.364. The number of nitrogens with one attached hydrogen (secondary N) is 1. The molecule has 0 aliphatic carbocycles. The largest absolute Gasteiger partial charge is 0.392 e. The lowest BCUT2D eigenvalue weighted by atomic mass is 10.2. The molecule has 1 rings (SSSR count). The van der Waals surface area contributed by atoms with Gasteiger partial charge in [-0.15, -0.1) is 11.8 Å². The lowest BCUT2D eigenvalue weighted by molar-refractivity contribution is 0.196. The summed E-state index contributed by atoms with van der Waals surface area (Å²) >= 11 is 1.26. The number of hydrogen-bond acceptors (Lipinski definition) is 3. The van der Waals surface area contributed by atoms with E-state index < -0.39 is 11.9 Å². The summed E-state index contributed by atoms with van der Waals surface area (Å²) in [6, 6.07) is 4.41. The number of thioether (sulfide) groups is 1. The van der Waals surface area contributed by atoms with E-state index in [0.717, 1.165) is 0 Å². The van der Waals surface area contributed by atoms with E-state index in [0.29, 0.717) is 10.5 Å². The quantitative estimate of drug-likeness (QED) is 0.429. The van der Waals surface area contributed by atoms with Gasteiger partial charge in [0.15, 0.2) is 0 Å². The van der Waals surface area contributed by atoms with E-state index in [4.69, 9.17) is 11.1 Å². The van der Waals surface area contributed by atoms with Crippen molar-refractivity contribution in [2.75, 3.05) is 0 Å². The van der Waals surface area contributed by atoms with E-state index in [1.54, 1.807) is 19.1 Å². The number of nitrogens with two attached hydrogens (primary N) is 1. The predicted molar refractivity (Wildman–Crippen MR) is 64.4 cm³/mol. The van der Waals surface area contributed by atoms with Gasteiger partial charge in [0.05, 0.1) is 6.10 Å². The van der Waals surface area contributed by atoms with Gasteiger partial charge in [0.1, 0.15) is 11.7 Å². The first-order valence-corrected chi connectivity index (χ1v) is 5.78. The van der Waals surface area contributed by atoms with Crippen LogP contribution in [-0.2, 0) is 0 Å². The second-order valence-electron chi connectivity index (χ2n) is 3.62. The molecule has 0 aliphatic rings. The van der Waals surface area contributed by atoms with Gasteiger partial charge >= 0.3 is 0 Å². The molecule has 0 amide bonds. The number of nitrogen functional groups attached to an aromatic ring is 1. The molecule has 0 bridgehead atoms. The zero-order valence-corrected chi connectivity index (χ0v) is 10.0. The van der Waals surface area contributed by atoms with Crippen molar-refractivity contribution in [3.8, 4) is 0 Å². The van der Waals surface area contributed by atoms with Gasteiger partial charge in [-0.3, -0.25) is 5.41 Å². The van der Waals surface area contributed by atoms with Gasteiger partial charge in [0.25, 0.3) is 0 Å². The molecule has 3 nitrogen and oxygen atoms in total. The van der Waals surface area contributed by atoms with E-state index in [9.17, 15) is 9.50 Å². The minimum Gasteiger partial charge on any atom is -0.392 e. The number of amidine groups is 1. The number of aliphatic hydroxyl groups excluding tert-OH is 1. The van der Waals surface area contributed by atoms with Crippen LogP contribution in [-0.4, -0.2) is 22.3 Å². The Morgan fingerprint density at radius 3 is 2.56 bits per heavy atom. The summed E-state index contributed by atoms with van der Waals surface area (Å²) in [6.07, 6.45) is -0.503. The van der Waals surface area contributed by atoms with Crippen LogP contribution in [0.3, 0.4) is 0 Å². The van der Waals surface area contributed by atoms with E-state index in [2.05, 4.69) is 0 Å². The third-order valence-electron chi connectivity index (χ3n) is 2.24. The minimum absolute atomic E-state index is 0.0855. The molecular formula is C11H15FN2OS. The monoisotopic (exact) mass is 242 g/mol. The van der Waals surface area contributed by atoms with Gasteiger partial charge in [-0.05, 0) is 25.1 Å². The number of aliphatic hydroxyl groups is 1. The van der Waals surface area contributed by atoms with Gasteiger partial charge in [-0.2, -0.15) is 0 Å². The van der Waals surface area contributed by atoms with Crippen molar-refractivity contribution in [1.29, 1.82) is 5.41 Å². The highest BCUT2D eigenvalue weighted by Gasteiger charge is 2.13. The van der Waals surface area contributed by atoms with Crippen molar-refractivity contribution in [3.05, 3.63) is 29.6 Å². The molecule has 0 aliphatic heterocycles. The van der Waals surface area contributed by atoms with Gasteiger partial charge < -0.3 is 10.8 Å². The molecule has 0 fully saturated rings. The highest BCUT2D eigenvalue weighted by atomic mass is 32.2. The third-order valence-corrected chi connectivity index (χ3v) is 3.59. The Morgan fingerprint density at radius 2 is 2.12 bits per heavy atom. The first kappa shape index (κ1) is 13.0. The Balaban J connectivity index is 2.87. The summed E-state index contributed by atoms with van der Waals surface area (Å²) in [5, 5.41) is 16.4. The van der Waals surface area contributed by atoms with Crippen molar-refractivity contribution >= 4 is 17.6 Å². The van der Waals surface area contributed by atoms with Crippen LogP contribution in [0.1, 0.15) is 19.4 Å². The maximum Gasteiger partial charge on any atom is 0.137 e. The summed E-state index contributed by atoms with van der Waals surface area (Å²) < 4.78 is 13.6. The maximum absolute atomic E-state index is 13.6. The Morgan fingerprint density at radius 1 is 1.50 bits per heavy atom. The van der Waals surface area contributed by atoms with Crippen LogP contribution in [0.15, 0.2) is 23.1 Å². The van der Waals surface area contributed by atoms with E-state index >= 15 is 0 Å². The zero-order chi connectivity index (χ0) is 12.3. The second kappa shape index (κ2) is 5.32. The maximum atomic E-state index is 13.6. The zero-order valence-electron chi connectivity index (χ0n) is 9.20. The smallest absolute Gasteiger partial charge is 0.137 e. The molecule has 2 unspecified atom stereocenters. The SMILES string of the molecule is CC(O)C(C)Sc1ccc(C(=N)N)cc1F. The Hall–Kier alpha value is -1.07. The summed E-state index contributed by atoms with van der Waals surface area (Å²) in [4.78, 5) is 0.457. The Labute approximate surface area is 98.4 Å². The Kier molecular flexibility index (Phi) is 4.32. The predicted octanol–water partition coefficient (Wildman–Crippen LogP) is 1.97. The van der Waals surface area contributed by atoms with E-state index in [1.807, 2.05) is 6.92 Å². The van der Waals surface area contributed by atoms with E-state index in [-0.39, 0.29) is 11.1 Å². The fourth-order valence-corrected chi connectivity index (χ4v) is 1.98. The number of rotatable bonds is 4. The first-order chi connectivity index (χ1) is 7.41. The average molecular weight is 242 g/mol.